The number of halogens is 3. The van der Waals surface area contributed by atoms with Gasteiger partial charge in [0.05, 0.1) is 0 Å². The Balaban J connectivity index is 3.02. The lowest BCUT2D eigenvalue weighted by Gasteiger charge is -2.04. The van der Waals surface area contributed by atoms with Gasteiger partial charge in [0.1, 0.15) is 11.6 Å². The molecule has 0 fully saturated rings. The summed E-state index contributed by atoms with van der Waals surface area (Å²) in [6.07, 6.45) is -2.78. The van der Waals surface area contributed by atoms with Gasteiger partial charge >= 0.3 is 0 Å². The highest BCUT2D eigenvalue weighted by atomic mass is 19.3. The second-order valence-electron chi connectivity index (χ2n) is 3.03. The lowest BCUT2D eigenvalue weighted by atomic mass is 10.1. The zero-order chi connectivity index (χ0) is 10.7. The molecule has 0 atom stereocenters. The highest BCUT2D eigenvalue weighted by molar-refractivity contribution is 5.78. The number of ketones is 1. The van der Waals surface area contributed by atoms with E-state index in [0.717, 1.165) is 18.2 Å². The second-order valence-corrected chi connectivity index (χ2v) is 3.03. The molecule has 0 aliphatic rings. The van der Waals surface area contributed by atoms with Crippen molar-refractivity contribution in [3.8, 4) is 0 Å². The van der Waals surface area contributed by atoms with Gasteiger partial charge < -0.3 is 0 Å². The molecule has 0 heterocycles. The lowest BCUT2D eigenvalue weighted by Crippen LogP contribution is -2.00. The monoisotopic (exact) mass is 202 g/mol. The number of benzene rings is 1. The summed E-state index contributed by atoms with van der Waals surface area (Å²) >= 11 is 0. The third-order valence-electron chi connectivity index (χ3n) is 1.76. The molecule has 1 rings (SSSR count). The molecular formula is C10H9F3O. The fraction of sp³-hybridized carbons (Fsp3) is 0.300. The van der Waals surface area contributed by atoms with Crippen molar-refractivity contribution in [1.82, 2.24) is 0 Å². The molecule has 0 spiro atoms. The first-order chi connectivity index (χ1) is 6.50. The van der Waals surface area contributed by atoms with Crippen molar-refractivity contribution >= 4 is 5.78 Å². The number of carbonyl (C=O) groups excluding carboxylic acids is 1. The first-order valence-corrected chi connectivity index (χ1v) is 4.06. The zero-order valence-corrected chi connectivity index (χ0v) is 7.56. The molecular weight excluding hydrogens is 193 g/mol. The number of alkyl halides is 2. The van der Waals surface area contributed by atoms with Crippen molar-refractivity contribution in [3.63, 3.8) is 0 Å². The summed E-state index contributed by atoms with van der Waals surface area (Å²) < 4.78 is 37.4. The minimum absolute atomic E-state index is 0.0234. The van der Waals surface area contributed by atoms with Crippen molar-refractivity contribution < 1.29 is 18.0 Å². The Labute approximate surface area is 79.5 Å². The van der Waals surface area contributed by atoms with Gasteiger partial charge in [0, 0.05) is 12.0 Å². The van der Waals surface area contributed by atoms with E-state index in [2.05, 4.69) is 0 Å². The normalized spacial score (nSPS) is 10.6. The van der Waals surface area contributed by atoms with E-state index in [-0.39, 0.29) is 23.3 Å². The Kier molecular flexibility index (Phi) is 3.28. The number of hydrogen-bond acceptors (Lipinski definition) is 1. The molecule has 0 saturated carbocycles. The molecule has 1 aromatic rings. The van der Waals surface area contributed by atoms with Crippen LogP contribution in [0.2, 0.25) is 0 Å². The van der Waals surface area contributed by atoms with Crippen molar-refractivity contribution in [2.45, 2.75) is 19.8 Å². The molecule has 1 aromatic carbocycles. The fourth-order valence-corrected chi connectivity index (χ4v) is 1.13. The zero-order valence-electron chi connectivity index (χ0n) is 7.56. The molecule has 0 amide bonds. The summed E-state index contributed by atoms with van der Waals surface area (Å²) in [7, 11) is 0. The van der Waals surface area contributed by atoms with Crippen LogP contribution in [0, 0.1) is 5.82 Å². The average molecular weight is 202 g/mol. The Morgan fingerprint density at radius 1 is 1.43 bits per heavy atom. The minimum Gasteiger partial charge on any atom is -0.300 e. The predicted octanol–water partition coefficient (Wildman–Crippen LogP) is 2.89. The molecule has 0 aliphatic heterocycles. The molecule has 0 N–H and O–H groups in total. The van der Waals surface area contributed by atoms with Gasteiger partial charge in [0.15, 0.2) is 0 Å². The first kappa shape index (κ1) is 10.8. The van der Waals surface area contributed by atoms with Crippen LogP contribution in [-0.4, -0.2) is 5.78 Å². The van der Waals surface area contributed by atoms with Gasteiger partial charge in [-0.05, 0) is 24.6 Å². The van der Waals surface area contributed by atoms with E-state index in [9.17, 15) is 18.0 Å². The van der Waals surface area contributed by atoms with Crippen LogP contribution in [0.1, 0.15) is 24.5 Å². The smallest absolute Gasteiger partial charge is 0.263 e. The molecule has 0 bridgehead atoms. The largest absolute Gasteiger partial charge is 0.300 e. The summed E-state index contributed by atoms with van der Waals surface area (Å²) in [6.45, 7) is 1.29. The van der Waals surface area contributed by atoms with Crippen LogP contribution in [0.5, 0.6) is 0 Å². The topological polar surface area (TPSA) is 17.1 Å². The quantitative estimate of drug-likeness (QED) is 0.736. The van der Waals surface area contributed by atoms with Gasteiger partial charge in [-0.15, -0.1) is 0 Å². The van der Waals surface area contributed by atoms with E-state index in [1.807, 2.05) is 0 Å². The summed E-state index contributed by atoms with van der Waals surface area (Å²) in [5, 5.41) is 0. The summed E-state index contributed by atoms with van der Waals surface area (Å²) in [6, 6.07) is 3.00. The Hall–Kier alpha value is -1.32. The average Bonchev–Trinajstić information content (AvgIpc) is 2.07. The minimum atomic E-state index is -2.64. The summed E-state index contributed by atoms with van der Waals surface area (Å²) in [5.41, 5.74) is -0.238. The molecule has 0 aliphatic carbocycles. The van der Waals surface area contributed by atoms with Gasteiger partial charge in [0.2, 0.25) is 0 Å². The third kappa shape index (κ3) is 2.58. The highest BCUT2D eigenvalue weighted by Crippen LogP contribution is 2.21. The molecule has 0 unspecified atom stereocenters. The Bertz CT molecular complexity index is 347. The molecule has 0 saturated heterocycles. The van der Waals surface area contributed by atoms with Crippen LogP contribution in [0.25, 0.3) is 0 Å². The molecule has 0 radical (unpaired) electrons. The van der Waals surface area contributed by atoms with E-state index in [0.29, 0.717) is 0 Å². The molecule has 76 valence electrons. The van der Waals surface area contributed by atoms with Crippen LogP contribution < -0.4 is 0 Å². The first-order valence-electron chi connectivity index (χ1n) is 4.06. The maximum Gasteiger partial charge on any atom is 0.263 e. The number of carbonyl (C=O) groups is 1. The maximum absolute atomic E-state index is 13.0. The fourth-order valence-electron chi connectivity index (χ4n) is 1.13. The van der Waals surface area contributed by atoms with Crippen LogP contribution >= 0.6 is 0 Å². The number of Topliss-reactive ketones (excluding diaryl/α,β-unsaturated/α-hetero) is 1. The van der Waals surface area contributed by atoms with Gasteiger partial charge in [0.25, 0.3) is 6.43 Å². The van der Waals surface area contributed by atoms with E-state index in [1.165, 1.54) is 6.92 Å². The van der Waals surface area contributed by atoms with Crippen LogP contribution in [0.15, 0.2) is 18.2 Å². The van der Waals surface area contributed by atoms with Crippen LogP contribution in [-0.2, 0) is 11.2 Å². The highest BCUT2D eigenvalue weighted by Gasteiger charge is 2.11. The van der Waals surface area contributed by atoms with Crippen LogP contribution in [0.4, 0.5) is 13.2 Å². The predicted molar refractivity (Wildman–Crippen MR) is 45.7 cm³/mol. The van der Waals surface area contributed by atoms with E-state index >= 15 is 0 Å². The van der Waals surface area contributed by atoms with Crippen molar-refractivity contribution in [1.29, 1.82) is 0 Å². The van der Waals surface area contributed by atoms with Gasteiger partial charge in [-0.1, -0.05) is 6.07 Å². The van der Waals surface area contributed by atoms with E-state index in [4.69, 9.17) is 0 Å². The van der Waals surface area contributed by atoms with Crippen LogP contribution in [0.3, 0.4) is 0 Å². The maximum atomic E-state index is 13.0. The van der Waals surface area contributed by atoms with Gasteiger partial charge in [-0.3, -0.25) is 4.79 Å². The van der Waals surface area contributed by atoms with Crippen molar-refractivity contribution in [2.24, 2.45) is 0 Å². The van der Waals surface area contributed by atoms with E-state index in [1.54, 1.807) is 0 Å². The molecule has 14 heavy (non-hydrogen) atoms. The molecule has 1 nitrogen and oxygen atoms in total. The lowest BCUT2D eigenvalue weighted by molar-refractivity contribution is -0.116. The number of rotatable bonds is 3. The van der Waals surface area contributed by atoms with Gasteiger partial charge in [-0.25, -0.2) is 13.2 Å². The SMILES string of the molecule is CC(=O)Cc1cc(C(F)F)ccc1F. The molecule has 0 aromatic heterocycles. The van der Waals surface area contributed by atoms with E-state index < -0.39 is 12.2 Å². The standard InChI is InChI=1S/C10H9F3O/c1-6(14)4-8-5-7(10(12)13)2-3-9(8)11/h2-3,5,10H,4H2,1H3. The van der Waals surface area contributed by atoms with Gasteiger partial charge in [-0.2, -0.15) is 0 Å². The summed E-state index contributed by atoms with van der Waals surface area (Å²) in [5.74, 6) is -0.875. The van der Waals surface area contributed by atoms with Crippen molar-refractivity contribution in [3.05, 3.63) is 35.1 Å². The Morgan fingerprint density at radius 3 is 2.57 bits per heavy atom. The number of hydrogen-bond donors (Lipinski definition) is 0. The second kappa shape index (κ2) is 4.26. The van der Waals surface area contributed by atoms with Crippen molar-refractivity contribution in [2.75, 3.05) is 0 Å². The molecule has 4 heteroatoms. The Morgan fingerprint density at radius 2 is 2.07 bits per heavy atom. The third-order valence-corrected chi connectivity index (χ3v) is 1.76. The summed E-state index contributed by atoms with van der Waals surface area (Å²) in [4.78, 5) is 10.7.